The average Bonchev–Trinajstić information content (AvgIpc) is 2.71. The van der Waals surface area contributed by atoms with E-state index >= 15 is 0 Å². The third kappa shape index (κ3) is 1.47. The monoisotopic (exact) mass is 208 g/mol. The molecule has 2 rings (SSSR count). The van der Waals surface area contributed by atoms with Crippen LogP contribution in [-0.4, -0.2) is 32.6 Å². The van der Waals surface area contributed by atoms with Crippen LogP contribution >= 0.6 is 0 Å². The Bertz CT molecular complexity index is 511. The van der Waals surface area contributed by atoms with Gasteiger partial charge in [-0.2, -0.15) is 10.2 Å². The molecule has 0 aliphatic carbocycles. The standard InChI is InChI=1S/C9H12N4O2/c1-6-9-7(12(2)11-6)4-10-13(9)5-8(14)15-3/h4H,5H2,1-3H3. The maximum Gasteiger partial charge on any atom is 0.327 e. The zero-order valence-electron chi connectivity index (χ0n) is 8.89. The molecule has 2 aromatic rings. The Hall–Kier alpha value is -1.85. The van der Waals surface area contributed by atoms with Crippen molar-refractivity contribution in [3.8, 4) is 0 Å². The number of carbonyl (C=O) groups excluding carboxylic acids is 1. The Labute approximate surface area is 86.4 Å². The van der Waals surface area contributed by atoms with Gasteiger partial charge in [0.05, 0.1) is 19.0 Å². The second-order valence-electron chi connectivity index (χ2n) is 3.32. The first-order valence-electron chi connectivity index (χ1n) is 4.55. The van der Waals surface area contributed by atoms with E-state index in [1.807, 2.05) is 14.0 Å². The van der Waals surface area contributed by atoms with Crippen LogP contribution in [0.4, 0.5) is 0 Å². The summed E-state index contributed by atoms with van der Waals surface area (Å²) in [6, 6.07) is 0. The van der Waals surface area contributed by atoms with E-state index in [1.165, 1.54) is 7.11 Å². The summed E-state index contributed by atoms with van der Waals surface area (Å²) >= 11 is 0. The van der Waals surface area contributed by atoms with Crippen molar-refractivity contribution in [1.82, 2.24) is 19.6 Å². The number of methoxy groups -OCH3 is 1. The normalized spacial score (nSPS) is 10.9. The molecule has 2 heterocycles. The number of esters is 1. The van der Waals surface area contributed by atoms with Crippen LogP contribution in [-0.2, 0) is 23.1 Å². The van der Waals surface area contributed by atoms with Crippen LogP contribution in [0.2, 0.25) is 0 Å². The Morgan fingerprint density at radius 3 is 3.00 bits per heavy atom. The first-order valence-corrected chi connectivity index (χ1v) is 4.55. The molecule has 0 unspecified atom stereocenters. The molecule has 0 aliphatic rings. The molecule has 80 valence electrons. The van der Waals surface area contributed by atoms with E-state index < -0.39 is 0 Å². The van der Waals surface area contributed by atoms with Gasteiger partial charge in [0, 0.05) is 7.05 Å². The minimum Gasteiger partial charge on any atom is -0.468 e. The zero-order valence-corrected chi connectivity index (χ0v) is 8.89. The number of aryl methyl sites for hydroxylation is 2. The highest BCUT2D eigenvalue weighted by molar-refractivity contribution is 5.79. The van der Waals surface area contributed by atoms with Gasteiger partial charge in [-0.1, -0.05) is 0 Å². The molecule has 2 aromatic heterocycles. The van der Waals surface area contributed by atoms with E-state index in [1.54, 1.807) is 15.6 Å². The third-order valence-corrected chi connectivity index (χ3v) is 2.32. The molecule has 0 saturated heterocycles. The predicted molar refractivity (Wildman–Crippen MR) is 53.3 cm³/mol. The second-order valence-corrected chi connectivity index (χ2v) is 3.32. The molecule has 6 nitrogen and oxygen atoms in total. The highest BCUT2D eigenvalue weighted by Crippen LogP contribution is 2.16. The lowest BCUT2D eigenvalue weighted by atomic mass is 10.4. The van der Waals surface area contributed by atoms with E-state index in [9.17, 15) is 4.79 Å². The van der Waals surface area contributed by atoms with Gasteiger partial charge in [-0.15, -0.1) is 0 Å². The van der Waals surface area contributed by atoms with Gasteiger partial charge in [0.25, 0.3) is 0 Å². The Morgan fingerprint density at radius 1 is 1.60 bits per heavy atom. The first-order chi connectivity index (χ1) is 7.13. The maximum absolute atomic E-state index is 11.1. The van der Waals surface area contributed by atoms with Gasteiger partial charge in [0.1, 0.15) is 17.6 Å². The van der Waals surface area contributed by atoms with Crippen molar-refractivity contribution >= 4 is 17.0 Å². The van der Waals surface area contributed by atoms with Crippen molar-refractivity contribution in [1.29, 1.82) is 0 Å². The number of aromatic nitrogens is 4. The average molecular weight is 208 g/mol. The second kappa shape index (κ2) is 3.38. The zero-order chi connectivity index (χ0) is 11.0. The van der Waals surface area contributed by atoms with Crippen LogP contribution in [0, 0.1) is 6.92 Å². The van der Waals surface area contributed by atoms with E-state index in [2.05, 4.69) is 14.9 Å². The molecule has 0 fully saturated rings. The summed E-state index contributed by atoms with van der Waals surface area (Å²) in [6.45, 7) is 2.00. The van der Waals surface area contributed by atoms with Gasteiger partial charge in [-0.3, -0.25) is 14.2 Å². The molecule has 0 amide bonds. The quantitative estimate of drug-likeness (QED) is 0.664. The summed E-state index contributed by atoms with van der Waals surface area (Å²) in [7, 11) is 3.21. The summed E-state index contributed by atoms with van der Waals surface area (Å²) in [5, 5.41) is 8.37. The molecular formula is C9H12N4O2. The SMILES string of the molecule is COC(=O)Cn1ncc2c1c(C)nn2C. The lowest BCUT2D eigenvalue weighted by Gasteiger charge is -2.00. The molecule has 0 radical (unpaired) electrons. The lowest BCUT2D eigenvalue weighted by molar-refractivity contribution is -0.141. The fourth-order valence-corrected chi connectivity index (χ4v) is 1.62. The molecule has 0 aliphatic heterocycles. The fraction of sp³-hybridized carbons (Fsp3) is 0.444. The van der Waals surface area contributed by atoms with Crippen molar-refractivity contribution < 1.29 is 9.53 Å². The number of nitrogens with zero attached hydrogens (tertiary/aromatic N) is 4. The van der Waals surface area contributed by atoms with Crippen LogP contribution < -0.4 is 0 Å². The van der Waals surface area contributed by atoms with Crippen LogP contribution in [0.1, 0.15) is 5.69 Å². The maximum atomic E-state index is 11.1. The number of rotatable bonds is 2. The molecule has 0 bridgehead atoms. The highest BCUT2D eigenvalue weighted by Gasteiger charge is 2.13. The minimum atomic E-state index is -0.316. The molecule has 6 heteroatoms. The number of hydrogen-bond donors (Lipinski definition) is 0. The highest BCUT2D eigenvalue weighted by atomic mass is 16.5. The number of hydrogen-bond acceptors (Lipinski definition) is 4. The molecular weight excluding hydrogens is 196 g/mol. The summed E-state index contributed by atoms with van der Waals surface area (Å²) < 4.78 is 7.93. The van der Waals surface area contributed by atoms with Gasteiger partial charge >= 0.3 is 5.97 Å². The van der Waals surface area contributed by atoms with Gasteiger partial charge in [-0.05, 0) is 6.92 Å². The molecule has 0 saturated carbocycles. The molecule has 0 spiro atoms. The van der Waals surface area contributed by atoms with E-state index in [-0.39, 0.29) is 12.5 Å². The Kier molecular flexibility index (Phi) is 2.18. The Balaban J connectivity index is 2.48. The fourth-order valence-electron chi connectivity index (χ4n) is 1.62. The number of fused-ring (bicyclic) bond motifs is 1. The van der Waals surface area contributed by atoms with Crippen molar-refractivity contribution in [2.75, 3.05) is 7.11 Å². The number of ether oxygens (including phenoxy) is 1. The lowest BCUT2D eigenvalue weighted by Crippen LogP contribution is -2.12. The largest absolute Gasteiger partial charge is 0.468 e. The summed E-state index contributed by atoms with van der Waals surface area (Å²) in [4.78, 5) is 11.1. The van der Waals surface area contributed by atoms with Crippen LogP contribution in [0.25, 0.3) is 11.0 Å². The number of carbonyl (C=O) groups is 1. The van der Waals surface area contributed by atoms with Crippen LogP contribution in [0.15, 0.2) is 6.20 Å². The van der Waals surface area contributed by atoms with Gasteiger partial charge in [-0.25, -0.2) is 0 Å². The van der Waals surface area contributed by atoms with Crippen molar-refractivity contribution in [2.24, 2.45) is 7.05 Å². The van der Waals surface area contributed by atoms with Crippen LogP contribution in [0.3, 0.4) is 0 Å². The summed E-state index contributed by atoms with van der Waals surface area (Å²) in [5.41, 5.74) is 2.65. The first kappa shape index (κ1) is 9.70. The van der Waals surface area contributed by atoms with E-state index in [0.29, 0.717) is 0 Å². The van der Waals surface area contributed by atoms with Crippen LogP contribution in [0.5, 0.6) is 0 Å². The van der Waals surface area contributed by atoms with E-state index in [4.69, 9.17) is 0 Å². The molecule has 0 atom stereocenters. The predicted octanol–water partition coefficient (Wildman–Crippen LogP) is 0.251. The summed E-state index contributed by atoms with van der Waals surface area (Å²) in [6.07, 6.45) is 1.69. The molecule has 0 N–H and O–H groups in total. The minimum absolute atomic E-state index is 0.118. The van der Waals surface area contributed by atoms with E-state index in [0.717, 1.165) is 16.7 Å². The smallest absolute Gasteiger partial charge is 0.327 e. The van der Waals surface area contributed by atoms with Gasteiger partial charge < -0.3 is 4.74 Å². The van der Waals surface area contributed by atoms with Crippen molar-refractivity contribution in [2.45, 2.75) is 13.5 Å². The van der Waals surface area contributed by atoms with Gasteiger partial charge in [0.15, 0.2) is 0 Å². The molecule has 15 heavy (non-hydrogen) atoms. The molecule has 0 aromatic carbocycles. The topological polar surface area (TPSA) is 61.9 Å². The van der Waals surface area contributed by atoms with Crippen molar-refractivity contribution in [3.05, 3.63) is 11.9 Å². The van der Waals surface area contributed by atoms with Crippen molar-refractivity contribution in [3.63, 3.8) is 0 Å². The summed E-state index contributed by atoms with van der Waals surface area (Å²) in [5.74, 6) is -0.316. The van der Waals surface area contributed by atoms with Gasteiger partial charge in [0.2, 0.25) is 0 Å². The Morgan fingerprint density at radius 2 is 2.33 bits per heavy atom. The third-order valence-electron chi connectivity index (χ3n) is 2.32.